The van der Waals surface area contributed by atoms with Gasteiger partial charge in [-0.3, -0.25) is 14.9 Å². The first-order chi connectivity index (χ1) is 7.99. The zero-order valence-electron chi connectivity index (χ0n) is 8.39. The van der Waals surface area contributed by atoms with Crippen LogP contribution < -0.4 is 10.6 Å². The number of hydrogen-bond donors (Lipinski definition) is 2. The highest BCUT2D eigenvalue weighted by atomic mass is 19.2. The van der Waals surface area contributed by atoms with Crippen molar-refractivity contribution >= 4 is 17.5 Å². The number of nitrogens with one attached hydrogen (secondary N) is 2. The van der Waals surface area contributed by atoms with Crippen molar-refractivity contribution in [2.75, 3.05) is 5.32 Å². The minimum Gasteiger partial charge on any atom is -0.371 e. The van der Waals surface area contributed by atoms with Crippen LogP contribution in [0.4, 0.5) is 18.9 Å². The first-order valence-corrected chi connectivity index (χ1v) is 4.73. The van der Waals surface area contributed by atoms with E-state index in [2.05, 4.69) is 5.32 Å². The molecule has 0 radical (unpaired) electrons. The zero-order chi connectivity index (χ0) is 12.6. The van der Waals surface area contributed by atoms with E-state index in [0.29, 0.717) is 0 Å². The van der Waals surface area contributed by atoms with Gasteiger partial charge in [0.05, 0.1) is 12.1 Å². The van der Waals surface area contributed by atoms with Crippen LogP contribution in [0, 0.1) is 17.5 Å². The van der Waals surface area contributed by atoms with Gasteiger partial charge in [0.25, 0.3) is 0 Å². The Labute approximate surface area is 93.8 Å². The van der Waals surface area contributed by atoms with Gasteiger partial charge in [-0.15, -0.1) is 0 Å². The van der Waals surface area contributed by atoms with Crippen molar-refractivity contribution in [3.05, 3.63) is 29.6 Å². The molecule has 1 aromatic carbocycles. The molecule has 0 spiro atoms. The third-order valence-corrected chi connectivity index (χ3v) is 2.33. The highest BCUT2D eigenvalue weighted by Crippen LogP contribution is 2.21. The monoisotopic (exact) mass is 244 g/mol. The molecule has 7 heteroatoms. The molecule has 0 aromatic heterocycles. The van der Waals surface area contributed by atoms with Gasteiger partial charge in [0.1, 0.15) is 6.04 Å². The van der Waals surface area contributed by atoms with E-state index in [1.165, 1.54) is 0 Å². The summed E-state index contributed by atoms with van der Waals surface area (Å²) in [6, 6.07) is 0.723. The highest BCUT2D eigenvalue weighted by Gasteiger charge is 2.31. The average molecular weight is 244 g/mol. The second kappa shape index (κ2) is 4.08. The Morgan fingerprint density at radius 2 is 1.88 bits per heavy atom. The molecule has 0 aliphatic carbocycles. The molecule has 1 heterocycles. The third-order valence-electron chi connectivity index (χ3n) is 2.33. The topological polar surface area (TPSA) is 58.2 Å². The van der Waals surface area contributed by atoms with Crippen molar-refractivity contribution in [2.45, 2.75) is 12.5 Å². The number of carbonyl (C=O) groups excluding carboxylic acids is 2. The Morgan fingerprint density at radius 1 is 1.18 bits per heavy atom. The standard InChI is InChI=1S/C10H7F3N2O2/c11-4-1-2-5(9(13)8(4)12)14-6-3-7(16)15-10(6)17/h1-2,6,14H,3H2,(H,15,16,17). The summed E-state index contributed by atoms with van der Waals surface area (Å²) in [6.45, 7) is 0. The van der Waals surface area contributed by atoms with E-state index in [9.17, 15) is 22.8 Å². The number of rotatable bonds is 2. The molecule has 2 N–H and O–H groups in total. The molecule has 1 atom stereocenters. The van der Waals surface area contributed by atoms with Crippen LogP contribution in [0.2, 0.25) is 0 Å². The summed E-state index contributed by atoms with van der Waals surface area (Å²) >= 11 is 0. The van der Waals surface area contributed by atoms with Crippen molar-refractivity contribution in [2.24, 2.45) is 0 Å². The lowest BCUT2D eigenvalue weighted by Crippen LogP contribution is -2.30. The average Bonchev–Trinajstić information content (AvgIpc) is 2.58. The fraction of sp³-hybridized carbons (Fsp3) is 0.200. The van der Waals surface area contributed by atoms with E-state index in [4.69, 9.17) is 0 Å². The Hall–Kier alpha value is -2.05. The number of benzene rings is 1. The van der Waals surface area contributed by atoms with Crippen LogP contribution in [0.25, 0.3) is 0 Å². The molecule has 90 valence electrons. The quantitative estimate of drug-likeness (QED) is 0.601. The van der Waals surface area contributed by atoms with Crippen LogP contribution in [0.3, 0.4) is 0 Å². The largest absolute Gasteiger partial charge is 0.371 e. The van der Waals surface area contributed by atoms with Gasteiger partial charge in [0.15, 0.2) is 17.5 Å². The highest BCUT2D eigenvalue weighted by molar-refractivity contribution is 6.06. The number of hydrogen-bond acceptors (Lipinski definition) is 3. The van der Waals surface area contributed by atoms with Crippen LogP contribution >= 0.6 is 0 Å². The first-order valence-electron chi connectivity index (χ1n) is 4.73. The molecule has 4 nitrogen and oxygen atoms in total. The zero-order valence-corrected chi connectivity index (χ0v) is 8.39. The van der Waals surface area contributed by atoms with Crippen molar-refractivity contribution in [1.82, 2.24) is 5.32 Å². The summed E-state index contributed by atoms with van der Waals surface area (Å²) in [6.07, 6.45) is -0.169. The van der Waals surface area contributed by atoms with E-state index < -0.39 is 35.3 Å². The lowest BCUT2D eigenvalue weighted by molar-refractivity contribution is -0.124. The van der Waals surface area contributed by atoms with Gasteiger partial charge < -0.3 is 5.32 Å². The lowest BCUT2D eigenvalue weighted by Gasteiger charge is -2.11. The fourth-order valence-electron chi connectivity index (χ4n) is 1.50. The Bertz CT molecular complexity index is 505. The maximum Gasteiger partial charge on any atom is 0.249 e. The number of imide groups is 1. The Kier molecular flexibility index (Phi) is 2.74. The van der Waals surface area contributed by atoms with Crippen molar-refractivity contribution < 1.29 is 22.8 Å². The molecule has 1 unspecified atom stereocenters. The number of anilines is 1. The molecule has 0 bridgehead atoms. The predicted octanol–water partition coefficient (Wildman–Crippen LogP) is 0.931. The Balaban J connectivity index is 2.22. The van der Waals surface area contributed by atoms with Crippen LogP contribution in [0.1, 0.15) is 6.42 Å². The molecular weight excluding hydrogens is 237 g/mol. The van der Waals surface area contributed by atoms with Crippen LogP contribution in [-0.4, -0.2) is 17.9 Å². The van der Waals surface area contributed by atoms with Gasteiger partial charge in [-0.05, 0) is 12.1 Å². The summed E-state index contributed by atoms with van der Waals surface area (Å²) < 4.78 is 38.8. The van der Waals surface area contributed by atoms with Gasteiger partial charge in [0, 0.05) is 0 Å². The van der Waals surface area contributed by atoms with E-state index >= 15 is 0 Å². The summed E-state index contributed by atoms with van der Waals surface area (Å²) in [4.78, 5) is 22.0. The number of halogens is 3. The van der Waals surface area contributed by atoms with Crippen molar-refractivity contribution in [3.8, 4) is 0 Å². The SMILES string of the molecule is O=C1CC(Nc2ccc(F)c(F)c2F)C(=O)N1. The molecule has 17 heavy (non-hydrogen) atoms. The van der Waals surface area contributed by atoms with Gasteiger partial charge in [-0.1, -0.05) is 0 Å². The number of carbonyl (C=O) groups is 2. The summed E-state index contributed by atoms with van der Waals surface area (Å²) in [7, 11) is 0. The summed E-state index contributed by atoms with van der Waals surface area (Å²) in [5.41, 5.74) is -0.362. The predicted molar refractivity (Wildman–Crippen MR) is 51.5 cm³/mol. The fourth-order valence-corrected chi connectivity index (χ4v) is 1.50. The maximum atomic E-state index is 13.2. The smallest absolute Gasteiger partial charge is 0.249 e. The van der Waals surface area contributed by atoms with Crippen LogP contribution in [0.5, 0.6) is 0 Å². The molecule has 1 saturated heterocycles. The van der Waals surface area contributed by atoms with Gasteiger partial charge >= 0.3 is 0 Å². The third kappa shape index (κ3) is 2.08. The van der Waals surface area contributed by atoms with Gasteiger partial charge in [0.2, 0.25) is 11.8 Å². The van der Waals surface area contributed by atoms with Crippen LogP contribution in [0.15, 0.2) is 12.1 Å². The van der Waals surface area contributed by atoms with Crippen LogP contribution in [-0.2, 0) is 9.59 Å². The summed E-state index contributed by atoms with van der Waals surface area (Å²) in [5.74, 6) is -5.49. The van der Waals surface area contributed by atoms with Gasteiger partial charge in [-0.2, -0.15) is 0 Å². The first kappa shape index (κ1) is 11.4. The molecule has 2 amide bonds. The summed E-state index contributed by atoms with van der Waals surface area (Å²) in [5, 5.41) is 4.34. The molecule has 1 aromatic rings. The molecule has 1 aliphatic rings. The molecule has 1 fully saturated rings. The number of amides is 2. The van der Waals surface area contributed by atoms with Crippen molar-refractivity contribution in [3.63, 3.8) is 0 Å². The second-order valence-corrected chi connectivity index (χ2v) is 3.54. The van der Waals surface area contributed by atoms with E-state index in [-0.39, 0.29) is 12.1 Å². The minimum absolute atomic E-state index is 0.169. The van der Waals surface area contributed by atoms with Crippen molar-refractivity contribution in [1.29, 1.82) is 0 Å². The van der Waals surface area contributed by atoms with E-state index in [1.54, 1.807) is 0 Å². The van der Waals surface area contributed by atoms with E-state index in [0.717, 1.165) is 12.1 Å². The lowest BCUT2D eigenvalue weighted by atomic mass is 10.2. The molecule has 0 saturated carbocycles. The molecule has 1 aliphatic heterocycles. The second-order valence-electron chi connectivity index (χ2n) is 3.54. The minimum atomic E-state index is -1.63. The van der Waals surface area contributed by atoms with E-state index in [1.807, 2.05) is 5.32 Å². The Morgan fingerprint density at radius 3 is 2.47 bits per heavy atom. The molecule has 2 rings (SSSR count). The maximum absolute atomic E-state index is 13.2. The molecular formula is C10H7F3N2O2. The normalized spacial score (nSPS) is 19.4. The van der Waals surface area contributed by atoms with Gasteiger partial charge in [-0.25, -0.2) is 13.2 Å².